The molecule has 0 spiro atoms. The second-order valence-electron chi connectivity index (χ2n) is 7.86. The topological polar surface area (TPSA) is 76.7 Å². The van der Waals surface area contributed by atoms with Crippen LogP contribution in [-0.4, -0.2) is 23.9 Å². The van der Waals surface area contributed by atoms with Crippen LogP contribution >= 0.6 is 11.8 Å². The molecule has 1 unspecified atom stereocenters. The molecular weight excluding hydrogens is 448 g/mol. The lowest BCUT2D eigenvalue weighted by Crippen LogP contribution is -2.22. The minimum atomic E-state index is -0.316. The summed E-state index contributed by atoms with van der Waals surface area (Å²) in [7, 11) is 0. The van der Waals surface area contributed by atoms with Crippen LogP contribution in [0.4, 0.5) is 11.4 Å². The van der Waals surface area contributed by atoms with Crippen LogP contribution in [0, 0.1) is 0 Å². The van der Waals surface area contributed by atoms with Crippen molar-refractivity contribution in [3.05, 3.63) is 90.5 Å². The molecule has 0 radical (unpaired) electrons. The highest BCUT2D eigenvalue weighted by Crippen LogP contribution is 2.34. The first kappa shape index (κ1) is 21.9. The van der Waals surface area contributed by atoms with Crippen molar-refractivity contribution in [2.45, 2.75) is 17.1 Å². The third-order valence-electron chi connectivity index (χ3n) is 5.45. The van der Waals surface area contributed by atoms with Gasteiger partial charge in [-0.15, -0.1) is 11.8 Å². The molecule has 4 aromatic carbocycles. The van der Waals surface area contributed by atoms with Crippen LogP contribution in [-0.2, 0) is 4.79 Å². The molecule has 4 aromatic rings. The molecular formula is C27H22N2O4S. The Morgan fingerprint density at radius 3 is 2.35 bits per heavy atom. The molecule has 0 fully saturated rings. The van der Waals surface area contributed by atoms with Gasteiger partial charge in [0.05, 0.1) is 5.25 Å². The van der Waals surface area contributed by atoms with Gasteiger partial charge in [-0.1, -0.05) is 30.3 Å². The number of anilines is 2. The summed E-state index contributed by atoms with van der Waals surface area (Å²) >= 11 is 1.44. The molecule has 7 heteroatoms. The van der Waals surface area contributed by atoms with Gasteiger partial charge in [0.25, 0.3) is 5.91 Å². The van der Waals surface area contributed by atoms with E-state index < -0.39 is 0 Å². The van der Waals surface area contributed by atoms with Crippen LogP contribution in [0.5, 0.6) is 11.5 Å². The highest BCUT2D eigenvalue weighted by Gasteiger charge is 2.18. The first-order valence-corrected chi connectivity index (χ1v) is 11.7. The Morgan fingerprint density at radius 2 is 1.53 bits per heavy atom. The quantitative estimate of drug-likeness (QED) is 0.341. The van der Waals surface area contributed by atoms with Gasteiger partial charge in [-0.25, -0.2) is 0 Å². The number of benzene rings is 4. The van der Waals surface area contributed by atoms with Crippen molar-refractivity contribution in [3.63, 3.8) is 0 Å². The number of amides is 2. The summed E-state index contributed by atoms with van der Waals surface area (Å²) in [5.41, 5.74) is 1.96. The minimum absolute atomic E-state index is 0.113. The van der Waals surface area contributed by atoms with E-state index in [-0.39, 0.29) is 23.9 Å². The number of nitrogens with one attached hydrogen (secondary N) is 2. The normalized spacial score (nSPS) is 12.9. The van der Waals surface area contributed by atoms with E-state index in [1.165, 1.54) is 11.8 Å². The first-order valence-electron chi connectivity index (χ1n) is 10.8. The Kier molecular flexibility index (Phi) is 6.10. The molecule has 6 nitrogen and oxygen atoms in total. The SMILES string of the molecule is CC(Sc1ccc(NC(=O)c2ccc3ccccc3c2)cc1)C(=O)Nc1ccc2c(c1)OCO2. The lowest BCUT2D eigenvalue weighted by Gasteiger charge is -2.13. The smallest absolute Gasteiger partial charge is 0.255 e. The van der Waals surface area contributed by atoms with E-state index in [1.807, 2.05) is 73.7 Å². The summed E-state index contributed by atoms with van der Waals surface area (Å²) in [4.78, 5) is 26.2. The highest BCUT2D eigenvalue weighted by atomic mass is 32.2. The van der Waals surface area contributed by atoms with E-state index in [2.05, 4.69) is 10.6 Å². The predicted octanol–water partition coefficient (Wildman–Crippen LogP) is 5.94. The van der Waals surface area contributed by atoms with Crippen molar-refractivity contribution in [2.24, 2.45) is 0 Å². The fourth-order valence-electron chi connectivity index (χ4n) is 3.63. The van der Waals surface area contributed by atoms with E-state index in [1.54, 1.807) is 18.2 Å². The maximum atomic E-state index is 12.7. The number of fused-ring (bicyclic) bond motifs is 2. The summed E-state index contributed by atoms with van der Waals surface area (Å²) in [5.74, 6) is 1.02. The summed E-state index contributed by atoms with van der Waals surface area (Å²) in [6, 6.07) is 26.4. The Balaban J connectivity index is 1.18. The number of thioether (sulfide) groups is 1. The summed E-state index contributed by atoms with van der Waals surface area (Å²) in [6.07, 6.45) is 0. The van der Waals surface area contributed by atoms with E-state index in [4.69, 9.17) is 9.47 Å². The van der Waals surface area contributed by atoms with Gasteiger partial charge in [-0.2, -0.15) is 0 Å². The molecule has 2 N–H and O–H groups in total. The highest BCUT2D eigenvalue weighted by molar-refractivity contribution is 8.00. The maximum Gasteiger partial charge on any atom is 0.255 e. The molecule has 1 heterocycles. The van der Waals surface area contributed by atoms with Crippen molar-refractivity contribution < 1.29 is 19.1 Å². The number of hydrogen-bond acceptors (Lipinski definition) is 5. The molecule has 1 aliphatic heterocycles. The van der Waals surface area contributed by atoms with Crippen molar-refractivity contribution in [2.75, 3.05) is 17.4 Å². The Bertz CT molecular complexity index is 1370. The fraction of sp³-hybridized carbons (Fsp3) is 0.111. The predicted molar refractivity (Wildman–Crippen MR) is 135 cm³/mol. The number of ether oxygens (including phenoxy) is 2. The van der Waals surface area contributed by atoms with Crippen LogP contribution in [0.3, 0.4) is 0 Å². The van der Waals surface area contributed by atoms with Crippen LogP contribution in [0.15, 0.2) is 89.8 Å². The Morgan fingerprint density at radius 1 is 0.794 bits per heavy atom. The summed E-state index contributed by atoms with van der Waals surface area (Å²) in [6.45, 7) is 2.04. The lowest BCUT2D eigenvalue weighted by atomic mass is 10.1. The number of hydrogen-bond donors (Lipinski definition) is 2. The molecule has 0 aliphatic carbocycles. The van der Waals surface area contributed by atoms with Gasteiger partial charge in [0.1, 0.15) is 0 Å². The zero-order valence-electron chi connectivity index (χ0n) is 18.4. The molecule has 0 saturated carbocycles. The van der Waals surface area contributed by atoms with Gasteiger partial charge in [0.15, 0.2) is 11.5 Å². The summed E-state index contributed by atoms with van der Waals surface area (Å²) in [5, 5.41) is 7.64. The maximum absolute atomic E-state index is 12.7. The zero-order chi connectivity index (χ0) is 23.5. The van der Waals surface area contributed by atoms with Crippen LogP contribution < -0.4 is 20.1 Å². The Labute approximate surface area is 201 Å². The second-order valence-corrected chi connectivity index (χ2v) is 9.27. The van der Waals surface area contributed by atoms with Gasteiger partial charge < -0.3 is 20.1 Å². The molecule has 0 aromatic heterocycles. The lowest BCUT2D eigenvalue weighted by molar-refractivity contribution is -0.115. The van der Waals surface area contributed by atoms with Crippen LogP contribution in [0.2, 0.25) is 0 Å². The van der Waals surface area contributed by atoms with Gasteiger partial charge >= 0.3 is 0 Å². The van der Waals surface area contributed by atoms with E-state index in [9.17, 15) is 9.59 Å². The van der Waals surface area contributed by atoms with Gasteiger partial charge in [0, 0.05) is 27.9 Å². The third-order valence-corrected chi connectivity index (χ3v) is 6.56. The third kappa shape index (κ3) is 4.84. The van der Waals surface area contributed by atoms with E-state index in [0.717, 1.165) is 15.7 Å². The average Bonchev–Trinajstić information content (AvgIpc) is 3.33. The molecule has 170 valence electrons. The second kappa shape index (κ2) is 9.49. The zero-order valence-corrected chi connectivity index (χ0v) is 19.2. The van der Waals surface area contributed by atoms with Crippen molar-refractivity contribution in [1.29, 1.82) is 0 Å². The monoisotopic (exact) mass is 470 g/mol. The molecule has 0 bridgehead atoms. The fourth-order valence-corrected chi connectivity index (χ4v) is 4.49. The van der Waals surface area contributed by atoms with Crippen molar-refractivity contribution in [3.8, 4) is 11.5 Å². The largest absolute Gasteiger partial charge is 0.454 e. The molecule has 0 saturated heterocycles. The van der Waals surface area contributed by atoms with Crippen LogP contribution in [0.1, 0.15) is 17.3 Å². The molecule has 1 aliphatic rings. The number of carbonyl (C=O) groups is 2. The van der Waals surface area contributed by atoms with Crippen LogP contribution in [0.25, 0.3) is 10.8 Å². The van der Waals surface area contributed by atoms with Gasteiger partial charge in [-0.3, -0.25) is 9.59 Å². The summed E-state index contributed by atoms with van der Waals surface area (Å²) < 4.78 is 10.6. The van der Waals surface area contributed by atoms with Crippen molar-refractivity contribution >= 4 is 45.7 Å². The average molecular weight is 471 g/mol. The minimum Gasteiger partial charge on any atom is -0.454 e. The molecule has 34 heavy (non-hydrogen) atoms. The number of rotatable bonds is 6. The Hall–Kier alpha value is -3.97. The standard InChI is InChI=1S/C27H22N2O4S/c1-17(26(30)29-22-10-13-24-25(15-22)33-16-32-24)34-23-11-8-21(9-12-23)28-27(31)20-7-6-18-4-2-3-5-19(18)14-20/h2-15,17H,16H2,1H3,(H,28,31)(H,29,30). The van der Waals surface area contributed by atoms with Gasteiger partial charge in [-0.05, 0) is 66.2 Å². The van der Waals surface area contributed by atoms with Crippen molar-refractivity contribution in [1.82, 2.24) is 0 Å². The number of carbonyl (C=O) groups excluding carboxylic acids is 2. The molecule has 1 atom stereocenters. The van der Waals surface area contributed by atoms with E-state index >= 15 is 0 Å². The molecule has 5 rings (SSSR count). The first-order chi connectivity index (χ1) is 16.5. The van der Waals surface area contributed by atoms with E-state index in [0.29, 0.717) is 28.4 Å². The molecule has 2 amide bonds. The van der Waals surface area contributed by atoms with Gasteiger partial charge in [0.2, 0.25) is 12.7 Å².